The molecule has 0 fully saturated rings. The molecule has 0 amide bonds. The van der Waals surface area contributed by atoms with Crippen LogP contribution in [0.3, 0.4) is 0 Å². The normalized spacial score (nSPS) is 11.1. The van der Waals surface area contributed by atoms with Crippen LogP contribution in [0, 0.1) is 0 Å². The van der Waals surface area contributed by atoms with E-state index in [9.17, 15) is 9.59 Å². The highest BCUT2D eigenvalue weighted by Gasteiger charge is 2.11. The number of hydrogen-bond donors (Lipinski definition) is 0. The van der Waals surface area contributed by atoms with Gasteiger partial charge in [0.1, 0.15) is 11.5 Å². The lowest BCUT2D eigenvalue weighted by Gasteiger charge is -2.08. The van der Waals surface area contributed by atoms with Gasteiger partial charge in [0.2, 0.25) is 5.24 Å². The van der Waals surface area contributed by atoms with E-state index in [1.54, 1.807) is 44.2 Å². The van der Waals surface area contributed by atoms with E-state index in [2.05, 4.69) is 0 Å². The Labute approximate surface area is 133 Å². The minimum atomic E-state index is -0.573. The predicted octanol–water partition coefficient (Wildman–Crippen LogP) is 4.29. The van der Waals surface area contributed by atoms with Crippen LogP contribution in [0.25, 0.3) is 17.4 Å². The molecule has 0 bridgehead atoms. The molecule has 4 nitrogen and oxygen atoms in total. The fourth-order valence-corrected chi connectivity index (χ4v) is 1.89. The first-order valence-electron chi connectivity index (χ1n) is 6.74. The zero-order valence-electron chi connectivity index (χ0n) is 12.2. The fourth-order valence-electron chi connectivity index (χ4n) is 1.83. The predicted molar refractivity (Wildman–Crippen MR) is 84.6 cm³/mol. The average molecular weight is 319 g/mol. The second kappa shape index (κ2) is 7.09. The second-order valence-electron chi connectivity index (χ2n) is 4.87. The molecule has 22 heavy (non-hydrogen) atoms. The lowest BCUT2D eigenvalue weighted by molar-refractivity contribution is -0.107. The summed E-state index contributed by atoms with van der Waals surface area (Å²) in [5.41, 5.74) is 1.20. The minimum absolute atomic E-state index is 0.176. The minimum Gasteiger partial charge on any atom is -0.459 e. The first kappa shape index (κ1) is 16.0. The average Bonchev–Trinajstić information content (AvgIpc) is 2.93. The van der Waals surface area contributed by atoms with Gasteiger partial charge in [0.05, 0.1) is 11.7 Å². The molecule has 2 rings (SSSR count). The fraction of sp³-hybridized carbons (Fsp3) is 0.176. The molecule has 1 aromatic heterocycles. The Morgan fingerprint density at radius 2 is 2.00 bits per heavy atom. The standard InChI is InChI=1S/C17H15ClO4/c1-11(2)21-17(20)13-5-3-4-12(10-13)15-8-6-14(22-15)7-9-16(18)19/h3-11H,1-2H3/b9-7+. The third kappa shape index (κ3) is 4.33. The van der Waals surface area contributed by atoms with Crippen LogP contribution < -0.4 is 0 Å². The molecule has 1 heterocycles. The third-order valence-electron chi connectivity index (χ3n) is 2.73. The maximum atomic E-state index is 11.9. The van der Waals surface area contributed by atoms with E-state index >= 15 is 0 Å². The number of furan rings is 1. The van der Waals surface area contributed by atoms with E-state index in [0.29, 0.717) is 17.1 Å². The maximum absolute atomic E-state index is 11.9. The van der Waals surface area contributed by atoms with Crippen LogP contribution in [0.4, 0.5) is 0 Å². The number of carbonyl (C=O) groups excluding carboxylic acids is 2. The monoisotopic (exact) mass is 318 g/mol. The Bertz CT molecular complexity index is 713. The van der Waals surface area contributed by atoms with Gasteiger partial charge >= 0.3 is 5.97 Å². The Hall–Kier alpha value is -2.33. The summed E-state index contributed by atoms with van der Waals surface area (Å²) in [6.45, 7) is 3.59. The number of benzene rings is 1. The first-order valence-corrected chi connectivity index (χ1v) is 7.12. The number of rotatable bonds is 5. The Morgan fingerprint density at radius 1 is 1.23 bits per heavy atom. The molecular formula is C17H15ClO4. The van der Waals surface area contributed by atoms with Crippen LogP contribution in [0.2, 0.25) is 0 Å². The lowest BCUT2D eigenvalue weighted by atomic mass is 10.1. The summed E-state index contributed by atoms with van der Waals surface area (Å²) in [5, 5.41) is -0.573. The van der Waals surface area contributed by atoms with Gasteiger partial charge in [-0.2, -0.15) is 0 Å². The number of esters is 1. The third-order valence-corrected chi connectivity index (χ3v) is 2.86. The van der Waals surface area contributed by atoms with Crippen LogP contribution in [0.1, 0.15) is 30.0 Å². The number of carbonyl (C=O) groups is 2. The van der Waals surface area contributed by atoms with E-state index in [1.165, 1.54) is 12.2 Å². The molecule has 0 aliphatic rings. The van der Waals surface area contributed by atoms with Crippen molar-refractivity contribution in [1.82, 2.24) is 0 Å². The maximum Gasteiger partial charge on any atom is 0.338 e. The molecule has 0 saturated heterocycles. The van der Waals surface area contributed by atoms with Gasteiger partial charge < -0.3 is 9.15 Å². The Balaban J connectivity index is 2.23. The lowest BCUT2D eigenvalue weighted by Crippen LogP contribution is -2.11. The van der Waals surface area contributed by atoms with Crippen molar-refractivity contribution in [3.05, 3.63) is 53.8 Å². The van der Waals surface area contributed by atoms with Gasteiger partial charge in [0.15, 0.2) is 0 Å². The summed E-state index contributed by atoms with van der Waals surface area (Å²) < 4.78 is 10.8. The molecule has 0 N–H and O–H groups in total. The number of ether oxygens (including phenoxy) is 1. The zero-order valence-corrected chi connectivity index (χ0v) is 13.0. The van der Waals surface area contributed by atoms with Gasteiger partial charge in [-0.25, -0.2) is 4.79 Å². The van der Waals surface area contributed by atoms with Crippen LogP contribution in [-0.2, 0) is 9.53 Å². The van der Waals surface area contributed by atoms with Gasteiger partial charge in [-0.1, -0.05) is 12.1 Å². The first-order chi connectivity index (χ1) is 10.5. The molecule has 0 unspecified atom stereocenters. The molecular weight excluding hydrogens is 304 g/mol. The van der Waals surface area contributed by atoms with E-state index in [-0.39, 0.29) is 12.1 Å². The smallest absolute Gasteiger partial charge is 0.338 e. The van der Waals surface area contributed by atoms with Gasteiger partial charge in [0.25, 0.3) is 0 Å². The number of halogens is 1. The topological polar surface area (TPSA) is 56.5 Å². The molecule has 0 aliphatic carbocycles. The van der Waals surface area contributed by atoms with E-state index < -0.39 is 5.24 Å². The molecule has 0 saturated carbocycles. The van der Waals surface area contributed by atoms with Crippen LogP contribution in [0.5, 0.6) is 0 Å². The molecule has 2 aromatic rings. The van der Waals surface area contributed by atoms with Crippen molar-refractivity contribution in [2.45, 2.75) is 20.0 Å². The molecule has 5 heteroatoms. The van der Waals surface area contributed by atoms with Crippen LogP contribution >= 0.6 is 11.6 Å². The van der Waals surface area contributed by atoms with Gasteiger partial charge in [-0.05, 0) is 55.8 Å². The zero-order chi connectivity index (χ0) is 16.1. The van der Waals surface area contributed by atoms with Crippen LogP contribution in [-0.4, -0.2) is 17.3 Å². The largest absolute Gasteiger partial charge is 0.459 e. The highest BCUT2D eigenvalue weighted by atomic mass is 35.5. The summed E-state index contributed by atoms with van der Waals surface area (Å²) in [7, 11) is 0. The molecule has 0 atom stereocenters. The van der Waals surface area contributed by atoms with Crippen molar-refractivity contribution in [2.75, 3.05) is 0 Å². The second-order valence-corrected chi connectivity index (χ2v) is 5.25. The van der Waals surface area contributed by atoms with Crippen molar-refractivity contribution in [3.63, 3.8) is 0 Å². The van der Waals surface area contributed by atoms with Crippen LogP contribution in [0.15, 0.2) is 46.9 Å². The molecule has 0 aliphatic heterocycles. The summed E-state index contributed by atoms with van der Waals surface area (Å²) in [6.07, 6.45) is 2.51. The molecule has 0 radical (unpaired) electrons. The van der Waals surface area contributed by atoms with Crippen molar-refractivity contribution >= 4 is 28.9 Å². The molecule has 0 spiro atoms. The Kier molecular flexibility index (Phi) is 5.17. The highest BCUT2D eigenvalue weighted by molar-refractivity contribution is 6.66. The highest BCUT2D eigenvalue weighted by Crippen LogP contribution is 2.24. The summed E-state index contributed by atoms with van der Waals surface area (Å²) in [6, 6.07) is 10.4. The van der Waals surface area contributed by atoms with Crippen molar-refractivity contribution in [2.24, 2.45) is 0 Å². The summed E-state index contributed by atoms with van der Waals surface area (Å²) in [5.74, 6) is 0.705. The van der Waals surface area contributed by atoms with E-state index in [1.807, 2.05) is 6.07 Å². The Morgan fingerprint density at radius 3 is 2.68 bits per heavy atom. The SMILES string of the molecule is CC(C)OC(=O)c1cccc(-c2ccc(/C=C/C(=O)Cl)o2)c1. The number of hydrogen-bond acceptors (Lipinski definition) is 4. The number of allylic oxidation sites excluding steroid dienone is 1. The van der Waals surface area contributed by atoms with E-state index in [4.69, 9.17) is 20.8 Å². The van der Waals surface area contributed by atoms with Gasteiger partial charge in [0, 0.05) is 11.6 Å². The molecule has 114 valence electrons. The quantitative estimate of drug-likeness (QED) is 0.469. The van der Waals surface area contributed by atoms with Gasteiger partial charge in [-0.3, -0.25) is 4.79 Å². The van der Waals surface area contributed by atoms with Crippen molar-refractivity contribution < 1.29 is 18.7 Å². The summed E-state index contributed by atoms with van der Waals surface area (Å²) in [4.78, 5) is 22.6. The van der Waals surface area contributed by atoms with Crippen molar-refractivity contribution in [1.29, 1.82) is 0 Å². The molecule has 1 aromatic carbocycles. The van der Waals surface area contributed by atoms with E-state index in [0.717, 1.165) is 5.56 Å². The summed E-state index contributed by atoms with van der Waals surface area (Å²) >= 11 is 5.23. The van der Waals surface area contributed by atoms with Crippen molar-refractivity contribution in [3.8, 4) is 11.3 Å². The van der Waals surface area contributed by atoms with Gasteiger partial charge in [-0.15, -0.1) is 0 Å².